The molecule has 0 spiro atoms. The Bertz CT molecular complexity index is 341. The maximum atomic E-state index is 10.3. The minimum absolute atomic E-state index is 0.138. The number of unbranched alkanes of at least 4 members (excludes halogenated alkanes) is 11. The van der Waals surface area contributed by atoms with Gasteiger partial charge in [-0.1, -0.05) is 83.3 Å². The zero-order valence-electron chi connectivity index (χ0n) is 15.7. The Balaban J connectivity index is 3.40. The summed E-state index contributed by atoms with van der Waals surface area (Å²) >= 11 is 0. The van der Waals surface area contributed by atoms with Gasteiger partial charge < -0.3 is 15.7 Å². The number of rotatable bonds is 18. The van der Waals surface area contributed by atoms with E-state index in [0.717, 1.165) is 12.8 Å². The van der Waals surface area contributed by atoms with Gasteiger partial charge in [-0.25, -0.2) is 4.89 Å². The van der Waals surface area contributed by atoms with Crippen molar-refractivity contribution in [3.8, 4) is 0 Å². The zero-order valence-corrected chi connectivity index (χ0v) is 16.7. The standard InChI is InChI=1S/C18H38NO5P/c1-2-3-4-5-6-7-8-9-10-11-12-13-14-15-18(20)17(19)16-23-24-25(21)22/h14-15,17-18,20,25H,2-13,16,19H2,1H3,(H,21,22)/b15-14+/t17?,18-/m1/s1. The summed E-state index contributed by atoms with van der Waals surface area (Å²) in [5.74, 6) is 0. The molecule has 0 aromatic carbocycles. The number of hydrogen-bond donors (Lipinski definition) is 3. The van der Waals surface area contributed by atoms with Gasteiger partial charge in [0.2, 0.25) is 0 Å². The van der Waals surface area contributed by atoms with Crippen LogP contribution >= 0.6 is 8.25 Å². The third-order valence-corrected chi connectivity index (χ3v) is 4.40. The number of aliphatic hydroxyl groups excluding tert-OH is 1. The molecule has 0 rings (SSSR count). The fraction of sp³-hybridized carbons (Fsp3) is 0.889. The molecular formula is C18H38NO5P. The molecule has 150 valence electrons. The number of allylic oxidation sites excluding steroid dienone is 1. The van der Waals surface area contributed by atoms with Gasteiger partial charge in [0, 0.05) is 0 Å². The Morgan fingerprint density at radius 2 is 1.52 bits per heavy atom. The first kappa shape index (κ1) is 24.8. The average Bonchev–Trinajstić information content (AvgIpc) is 2.58. The highest BCUT2D eigenvalue weighted by molar-refractivity contribution is 7.31. The minimum atomic E-state index is -3.12. The van der Waals surface area contributed by atoms with E-state index in [-0.39, 0.29) is 6.61 Å². The van der Waals surface area contributed by atoms with Crippen LogP contribution in [0.3, 0.4) is 0 Å². The quantitative estimate of drug-likeness (QED) is 0.108. The summed E-state index contributed by atoms with van der Waals surface area (Å²) in [5, 5.41) is 9.78. The number of aliphatic hydroxyl groups is 1. The molecule has 2 unspecified atom stereocenters. The van der Waals surface area contributed by atoms with Crippen molar-refractivity contribution in [2.45, 2.75) is 96.1 Å². The van der Waals surface area contributed by atoms with E-state index >= 15 is 0 Å². The Morgan fingerprint density at radius 3 is 2.04 bits per heavy atom. The van der Waals surface area contributed by atoms with Crippen LogP contribution in [0.4, 0.5) is 0 Å². The third kappa shape index (κ3) is 18.4. The van der Waals surface area contributed by atoms with Gasteiger partial charge in [0.25, 0.3) is 0 Å². The molecule has 4 N–H and O–H groups in total. The van der Waals surface area contributed by atoms with Crippen LogP contribution in [-0.4, -0.2) is 28.8 Å². The molecule has 25 heavy (non-hydrogen) atoms. The van der Waals surface area contributed by atoms with Gasteiger partial charge in [-0.05, 0) is 12.8 Å². The van der Waals surface area contributed by atoms with E-state index in [1.54, 1.807) is 6.08 Å². The van der Waals surface area contributed by atoms with Gasteiger partial charge in [-0.3, -0.25) is 4.57 Å². The number of hydrogen-bond acceptors (Lipinski definition) is 5. The molecule has 0 aromatic rings. The van der Waals surface area contributed by atoms with Crippen molar-refractivity contribution < 1.29 is 24.1 Å². The van der Waals surface area contributed by atoms with Crippen LogP contribution < -0.4 is 5.73 Å². The van der Waals surface area contributed by atoms with Crippen LogP contribution in [0.15, 0.2) is 12.2 Å². The summed E-state index contributed by atoms with van der Waals surface area (Å²) in [6.45, 7) is 2.11. The van der Waals surface area contributed by atoms with Crippen molar-refractivity contribution in [3.63, 3.8) is 0 Å². The predicted molar refractivity (Wildman–Crippen MR) is 102 cm³/mol. The normalized spacial score (nSPS) is 15.5. The zero-order chi connectivity index (χ0) is 18.8. The van der Waals surface area contributed by atoms with Crippen LogP contribution in [0.5, 0.6) is 0 Å². The summed E-state index contributed by atoms with van der Waals surface area (Å²) in [4.78, 5) is 12.9. The monoisotopic (exact) mass is 379 g/mol. The topological polar surface area (TPSA) is 102 Å². The van der Waals surface area contributed by atoms with Gasteiger partial charge in [0.15, 0.2) is 0 Å². The lowest BCUT2D eigenvalue weighted by Crippen LogP contribution is -2.37. The fourth-order valence-corrected chi connectivity index (χ4v) is 2.74. The van der Waals surface area contributed by atoms with E-state index in [1.807, 2.05) is 6.08 Å². The lowest BCUT2D eigenvalue weighted by atomic mass is 10.0. The third-order valence-electron chi connectivity index (χ3n) is 4.14. The first-order valence-electron chi connectivity index (χ1n) is 9.70. The van der Waals surface area contributed by atoms with Gasteiger partial charge in [0.1, 0.15) is 6.61 Å². The van der Waals surface area contributed by atoms with E-state index in [4.69, 9.17) is 10.6 Å². The maximum Gasteiger partial charge on any atom is 0.344 e. The van der Waals surface area contributed by atoms with E-state index < -0.39 is 20.4 Å². The molecule has 6 nitrogen and oxygen atoms in total. The molecule has 0 heterocycles. The summed E-state index contributed by atoms with van der Waals surface area (Å²) < 4.78 is 14.4. The highest BCUT2D eigenvalue weighted by Gasteiger charge is 2.12. The predicted octanol–water partition coefficient (Wildman–Crippen LogP) is 4.26. The van der Waals surface area contributed by atoms with Crippen molar-refractivity contribution in [1.82, 2.24) is 0 Å². The lowest BCUT2D eigenvalue weighted by Gasteiger charge is -2.14. The van der Waals surface area contributed by atoms with Crippen molar-refractivity contribution >= 4 is 8.25 Å². The second-order valence-electron chi connectivity index (χ2n) is 6.54. The van der Waals surface area contributed by atoms with Crippen LogP contribution in [0.1, 0.15) is 84.0 Å². The van der Waals surface area contributed by atoms with Crippen LogP contribution in [0.25, 0.3) is 0 Å². The van der Waals surface area contributed by atoms with Crippen LogP contribution in [-0.2, 0) is 14.1 Å². The Hall–Kier alpha value is -0.230. The molecular weight excluding hydrogens is 341 g/mol. The molecule has 0 aliphatic rings. The summed E-state index contributed by atoms with van der Waals surface area (Å²) in [7, 11) is -3.12. The van der Waals surface area contributed by atoms with E-state index in [9.17, 15) is 9.67 Å². The molecule has 0 bridgehead atoms. The highest BCUT2D eigenvalue weighted by Crippen LogP contribution is 2.15. The first-order chi connectivity index (χ1) is 12.1. The van der Waals surface area contributed by atoms with E-state index in [1.165, 1.54) is 64.2 Å². The van der Waals surface area contributed by atoms with Crippen molar-refractivity contribution in [3.05, 3.63) is 12.2 Å². The number of nitrogens with two attached hydrogens (primary N) is 1. The molecule has 0 aliphatic carbocycles. The van der Waals surface area contributed by atoms with Crippen molar-refractivity contribution in [2.24, 2.45) is 5.73 Å². The summed E-state index contributed by atoms with van der Waals surface area (Å²) in [6, 6.07) is -0.685. The second-order valence-corrected chi connectivity index (χ2v) is 7.24. The highest BCUT2D eigenvalue weighted by atomic mass is 31.1. The van der Waals surface area contributed by atoms with E-state index in [0.29, 0.717) is 0 Å². The lowest BCUT2D eigenvalue weighted by molar-refractivity contribution is -0.214. The second kappa shape index (κ2) is 18.6. The van der Waals surface area contributed by atoms with Crippen LogP contribution in [0, 0.1) is 0 Å². The largest absolute Gasteiger partial charge is 0.387 e. The Morgan fingerprint density at radius 1 is 1.00 bits per heavy atom. The van der Waals surface area contributed by atoms with Crippen molar-refractivity contribution in [1.29, 1.82) is 0 Å². The SMILES string of the molecule is CCCCCCCCCCCCC/C=C/[C@@H](O)C(N)COO[PH](=O)O. The molecule has 0 aliphatic heterocycles. The Kier molecular flexibility index (Phi) is 18.4. The van der Waals surface area contributed by atoms with Gasteiger partial charge in [0.05, 0.1) is 12.1 Å². The fourth-order valence-electron chi connectivity index (χ4n) is 2.57. The van der Waals surface area contributed by atoms with Gasteiger partial charge >= 0.3 is 8.25 Å². The molecule has 0 saturated heterocycles. The summed E-state index contributed by atoms with van der Waals surface area (Å²) in [6.07, 6.45) is 18.1. The molecule has 0 radical (unpaired) electrons. The molecule has 0 saturated carbocycles. The molecule has 7 heteroatoms. The smallest absolute Gasteiger partial charge is 0.344 e. The molecule has 0 fully saturated rings. The first-order valence-corrected chi connectivity index (χ1v) is 11.0. The van der Waals surface area contributed by atoms with Gasteiger partial charge in [-0.15, -0.1) is 0 Å². The van der Waals surface area contributed by atoms with Crippen molar-refractivity contribution in [2.75, 3.05) is 6.61 Å². The maximum absolute atomic E-state index is 10.3. The Labute approximate surface area is 153 Å². The molecule has 0 amide bonds. The molecule has 3 atom stereocenters. The molecule has 0 aromatic heterocycles. The average molecular weight is 379 g/mol. The van der Waals surface area contributed by atoms with Crippen LogP contribution in [0.2, 0.25) is 0 Å². The minimum Gasteiger partial charge on any atom is -0.387 e. The van der Waals surface area contributed by atoms with Gasteiger partial charge in [-0.2, -0.15) is 4.67 Å². The summed E-state index contributed by atoms with van der Waals surface area (Å²) in [5.41, 5.74) is 5.67. The van der Waals surface area contributed by atoms with E-state index in [2.05, 4.69) is 16.5 Å².